The van der Waals surface area contributed by atoms with Crippen LogP contribution in [-0.4, -0.2) is 77.1 Å². The molecule has 2 saturated carbocycles. The molecule has 0 saturated heterocycles. The summed E-state index contributed by atoms with van der Waals surface area (Å²) in [6.07, 6.45) is 10.5. The number of rotatable bonds is 15. The maximum Gasteiger partial charge on any atom is 0.181 e. The monoisotopic (exact) mass is 733 g/mol. The van der Waals surface area contributed by atoms with E-state index in [0.717, 1.165) is 47.3 Å². The average molecular weight is 734 g/mol. The Morgan fingerprint density at radius 3 is 1.98 bits per heavy atom. The quantitative estimate of drug-likeness (QED) is 0.0681. The van der Waals surface area contributed by atoms with Crippen molar-refractivity contribution in [3.63, 3.8) is 0 Å². The first-order chi connectivity index (χ1) is 23.7. The second kappa shape index (κ2) is 15.0. The van der Waals surface area contributed by atoms with Gasteiger partial charge in [0, 0.05) is 64.4 Å². The zero-order valence-corrected chi connectivity index (χ0v) is 33.8. The molecule has 2 fully saturated rings. The van der Waals surface area contributed by atoms with Crippen LogP contribution in [0, 0.1) is 11.8 Å². The summed E-state index contributed by atoms with van der Waals surface area (Å²) in [4.78, 5) is 12.3. The van der Waals surface area contributed by atoms with Gasteiger partial charge in [-0.05, 0) is 49.3 Å². The molecule has 3 atom stereocenters. The smallest absolute Gasteiger partial charge is 0.181 e. The third-order valence-electron chi connectivity index (χ3n) is 10.2. The van der Waals surface area contributed by atoms with Gasteiger partial charge in [0.1, 0.15) is 18.4 Å². The van der Waals surface area contributed by atoms with Crippen LogP contribution in [0.1, 0.15) is 43.7 Å². The molecule has 2 aliphatic carbocycles. The second-order valence-electron chi connectivity index (χ2n) is 17.0. The molecule has 12 heteroatoms. The first-order valence-corrected chi connectivity index (χ1v) is 27.5. The fourth-order valence-corrected chi connectivity index (χ4v) is 10.1. The number of benzene rings is 1. The van der Waals surface area contributed by atoms with Gasteiger partial charge in [0.25, 0.3) is 0 Å². The molecule has 2 bridgehead atoms. The SMILES string of the molecule is C[Si](C)(C)CCOCN(COCC[Si](C)(C)C)c1c(S(C)(=O)=O)c([C@H]2C[C@@H]3CC[C@@H](C3)C2)nc2c(-c3ccc(-c4ccccc4)nc3)cnn12. The first kappa shape index (κ1) is 36.9. The predicted octanol–water partition coefficient (Wildman–Crippen LogP) is 8.59. The normalized spacial score (nSPS) is 19.7. The first-order valence-electron chi connectivity index (χ1n) is 18.2. The van der Waals surface area contributed by atoms with Crippen LogP contribution in [0.4, 0.5) is 5.82 Å². The Balaban J connectivity index is 1.48. The van der Waals surface area contributed by atoms with Gasteiger partial charge >= 0.3 is 0 Å². The molecule has 4 aromatic rings. The van der Waals surface area contributed by atoms with Gasteiger partial charge < -0.3 is 14.4 Å². The Morgan fingerprint density at radius 1 is 0.820 bits per heavy atom. The number of ether oxygens (including phenoxy) is 2. The summed E-state index contributed by atoms with van der Waals surface area (Å²) in [7, 11) is -6.43. The van der Waals surface area contributed by atoms with E-state index < -0.39 is 26.0 Å². The highest BCUT2D eigenvalue weighted by Gasteiger charge is 2.39. The number of anilines is 1. The Bertz CT molecular complexity index is 1840. The number of pyridine rings is 1. The van der Waals surface area contributed by atoms with Crippen molar-refractivity contribution in [2.45, 2.75) is 94.3 Å². The molecule has 3 heterocycles. The minimum absolute atomic E-state index is 0.0542. The topological polar surface area (TPSA) is 98.9 Å². The van der Waals surface area contributed by atoms with E-state index in [9.17, 15) is 8.42 Å². The summed E-state index contributed by atoms with van der Waals surface area (Å²) in [5.41, 5.74) is 4.92. The van der Waals surface area contributed by atoms with E-state index in [4.69, 9.17) is 24.5 Å². The van der Waals surface area contributed by atoms with Crippen molar-refractivity contribution in [1.29, 1.82) is 0 Å². The third-order valence-corrected chi connectivity index (χ3v) is 14.7. The lowest BCUT2D eigenvalue weighted by atomic mass is 9.79. The molecule has 3 aromatic heterocycles. The highest BCUT2D eigenvalue weighted by molar-refractivity contribution is 7.91. The zero-order chi connectivity index (χ0) is 35.7. The van der Waals surface area contributed by atoms with Gasteiger partial charge in [0.05, 0.1) is 17.6 Å². The van der Waals surface area contributed by atoms with Gasteiger partial charge in [0.2, 0.25) is 0 Å². The van der Waals surface area contributed by atoms with Gasteiger partial charge in [-0.2, -0.15) is 9.61 Å². The molecule has 2 aliphatic rings. The highest BCUT2D eigenvalue weighted by Crippen LogP contribution is 2.50. The highest BCUT2D eigenvalue weighted by atomic mass is 32.2. The van der Waals surface area contributed by atoms with Crippen LogP contribution in [0.3, 0.4) is 0 Å². The van der Waals surface area contributed by atoms with Crippen molar-refractivity contribution >= 4 is 37.5 Å². The van der Waals surface area contributed by atoms with Crippen LogP contribution in [0.15, 0.2) is 59.8 Å². The maximum atomic E-state index is 14.0. The fourth-order valence-electron chi connectivity index (χ4n) is 7.42. The molecule has 0 radical (unpaired) electrons. The summed E-state index contributed by atoms with van der Waals surface area (Å²) in [5, 5.41) is 4.86. The van der Waals surface area contributed by atoms with Crippen LogP contribution >= 0.6 is 0 Å². The fraction of sp³-hybridized carbons (Fsp3) is 0.553. The lowest BCUT2D eigenvalue weighted by molar-refractivity contribution is 0.0937. The molecular weight excluding hydrogens is 679 g/mol. The van der Waals surface area contributed by atoms with E-state index in [1.807, 2.05) is 47.5 Å². The minimum Gasteiger partial charge on any atom is -0.361 e. The van der Waals surface area contributed by atoms with E-state index in [-0.39, 0.29) is 24.3 Å². The van der Waals surface area contributed by atoms with Crippen LogP contribution in [0.5, 0.6) is 0 Å². The predicted molar refractivity (Wildman–Crippen MR) is 208 cm³/mol. The second-order valence-corrected chi connectivity index (χ2v) is 30.2. The molecule has 270 valence electrons. The number of hydrogen-bond acceptors (Lipinski definition) is 8. The van der Waals surface area contributed by atoms with Crippen LogP contribution < -0.4 is 4.90 Å². The van der Waals surface area contributed by atoms with Gasteiger partial charge in [0.15, 0.2) is 21.3 Å². The number of sulfone groups is 1. The molecule has 1 aromatic carbocycles. The van der Waals surface area contributed by atoms with Crippen molar-refractivity contribution in [1.82, 2.24) is 19.6 Å². The summed E-state index contributed by atoms with van der Waals surface area (Å²) < 4.78 is 42.4. The molecule has 0 amide bonds. The summed E-state index contributed by atoms with van der Waals surface area (Å²) in [5.74, 6) is 1.75. The average Bonchev–Trinajstić information content (AvgIpc) is 3.64. The largest absolute Gasteiger partial charge is 0.361 e. The summed E-state index contributed by atoms with van der Waals surface area (Å²) in [6.45, 7) is 15.6. The standard InChI is InChI=1S/C38H55N5O4SSi2/c1-48(44,45)36-35(32-22-28-13-14-29(21-28)23-32)41-37-33(31-15-16-34(39-24-31)30-11-9-8-10-12-30)25-40-43(37)38(36)42(26-46-17-19-49(2,3)4)27-47-18-20-50(5,6)7/h8-12,15-16,24-25,28-29,32H,13-14,17-23,26-27H2,1-7H3/t28-,29+,32+. The van der Waals surface area contributed by atoms with E-state index >= 15 is 0 Å². The minimum atomic E-state index is -3.74. The van der Waals surface area contributed by atoms with Crippen LogP contribution in [-0.2, 0) is 19.3 Å². The number of nitrogens with zero attached hydrogens (tertiary/aromatic N) is 5. The maximum absolute atomic E-state index is 14.0. The lowest BCUT2D eigenvalue weighted by Gasteiger charge is -2.32. The number of fused-ring (bicyclic) bond motifs is 3. The third kappa shape index (κ3) is 8.93. The van der Waals surface area contributed by atoms with Gasteiger partial charge in [-0.25, -0.2) is 13.4 Å². The Morgan fingerprint density at radius 2 is 1.44 bits per heavy atom. The van der Waals surface area contributed by atoms with Crippen LogP contribution in [0.2, 0.25) is 51.4 Å². The summed E-state index contributed by atoms with van der Waals surface area (Å²) >= 11 is 0. The van der Waals surface area contributed by atoms with Crippen LogP contribution in [0.25, 0.3) is 28.0 Å². The van der Waals surface area contributed by atoms with Crippen molar-refractivity contribution in [2.24, 2.45) is 11.8 Å². The van der Waals surface area contributed by atoms with E-state index in [0.29, 0.717) is 42.2 Å². The van der Waals surface area contributed by atoms with E-state index in [1.165, 1.54) is 25.5 Å². The number of aromatic nitrogens is 4. The molecular formula is C38H55N5O4SSi2. The van der Waals surface area contributed by atoms with Crippen molar-refractivity contribution in [2.75, 3.05) is 37.8 Å². The Labute approximate surface area is 300 Å². The zero-order valence-electron chi connectivity index (χ0n) is 31.0. The van der Waals surface area contributed by atoms with E-state index in [2.05, 4.69) is 45.3 Å². The van der Waals surface area contributed by atoms with Crippen molar-refractivity contribution < 1.29 is 17.9 Å². The molecule has 0 N–H and O–H groups in total. The number of hydrogen-bond donors (Lipinski definition) is 0. The molecule has 0 spiro atoms. The Kier molecular flexibility index (Phi) is 11.0. The van der Waals surface area contributed by atoms with Crippen molar-refractivity contribution in [3.05, 3.63) is 60.6 Å². The molecule has 50 heavy (non-hydrogen) atoms. The molecule has 9 nitrogen and oxygen atoms in total. The van der Waals surface area contributed by atoms with Gasteiger partial charge in [-0.1, -0.05) is 88.5 Å². The van der Waals surface area contributed by atoms with Crippen molar-refractivity contribution in [3.8, 4) is 22.4 Å². The van der Waals surface area contributed by atoms with Gasteiger partial charge in [-0.3, -0.25) is 4.98 Å². The lowest BCUT2D eigenvalue weighted by Crippen LogP contribution is -2.35. The molecule has 6 rings (SSSR count). The van der Waals surface area contributed by atoms with E-state index in [1.54, 1.807) is 10.7 Å². The summed E-state index contributed by atoms with van der Waals surface area (Å²) in [6, 6.07) is 16.2. The Hall–Kier alpha value is -2.91. The molecule has 0 aliphatic heterocycles. The molecule has 0 unspecified atom stereocenters. The van der Waals surface area contributed by atoms with Gasteiger partial charge in [-0.15, -0.1) is 0 Å².